The Balaban J connectivity index is 2.06. The minimum atomic E-state index is -0.156. The van der Waals surface area contributed by atoms with Crippen molar-refractivity contribution in [3.8, 4) is 17.6 Å². The van der Waals surface area contributed by atoms with E-state index in [-0.39, 0.29) is 6.61 Å². The van der Waals surface area contributed by atoms with Crippen LogP contribution >= 0.6 is 0 Å². The predicted octanol–water partition coefficient (Wildman–Crippen LogP) is 2.76. The number of aliphatic hydroxyl groups excluding tert-OH is 1. The van der Waals surface area contributed by atoms with Crippen LogP contribution in [0.25, 0.3) is 0 Å². The van der Waals surface area contributed by atoms with Crippen LogP contribution in [0.3, 0.4) is 0 Å². The SMILES string of the molecule is COc1ccc(C#CCO)c(COCc2ccccc2)c1. The zero-order chi connectivity index (χ0) is 14.9. The van der Waals surface area contributed by atoms with Gasteiger partial charge in [-0.3, -0.25) is 0 Å². The van der Waals surface area contributed by atoms with Crippen molar-refractivity contribution < 1.29 is 14.6 Å². The van der Waals surface area contributed by atoms with E-state index in [0.29, 0.717) is 13.2 Å². The highest BCUT2D eigenvalue weighted by Gasteiger charge is 2.03. The highest BCUT2D eigenvalue weighted by atomic mass is 16.5. The molecule has 0 saturated carbocycles. The van der Waals surface area contributed by atoms with Gasteiger partial charge in [-0.15, -0.1) is 0 Å². The third-order valence-corrected chi connectivity index (χ3v) is 2.98. The number of hydrogen-bond acceptors (Lipinski definition) is 3. The summed E-state index contributed by atoms with van der Waals surface area (Å²) in [5, 5.41) is 8.81. The first-order chi connectivity index (χ1) is 10.3. The molecular formula is C18H18O3. The van der Waals surface area contributed by atoms with Gasteiger partial charge in [0.05, 0.1) is 20.3 Å². The van der Waals surface area contributed by atoms with Crippen molar-refractivity contribution in [1.82, 2.24) is 0 Å². The van der Waals surface area contributed by atoms with Crippen LogP contribution in [0.5, 0.6) is 5.75 Å². The Morgan fingerprint density at radius 2 is 1.86 bits per heavy atom. The van der Waals surface area contributed by atoms with Crippen molar-refractivity contribution >= 4 is 0 Å². The summed E-state index contributed by atoms with van der Waals surface area (Å²) in [5.41, 5.74) is 2.92. The van der Waals surface area contributed by atoms with Crippen LogP contribution < -0.4 is 4.74 Å². The molecule has 0 spiro atoms. The number of aliphatic hydroxyl groups is 1. The molecule has 3 heteroatoms. The van der Waals surface area contributed by atoms with Gasteiger partial charge in [0.15, 0.2) is 0 Å². The summed E-state index contributed by atoms with van der Waals surface area (Å²) in [7, 11) is 1.63. The molecule has 21 heavy (non-hydrogen) atoms. The topological polar surface area (TPSA) is 38.7 Å². The van der Waals surface area contributed by atoms with Crippen molar-refractivity contribution in [1.29, 1.82) is 0 Å². The molecule has 0 amide bonds. The van der Waals surface area contributed by atoms with E-state index in [1.807, 2.05) is 48.5 Å². The molecule has 0 bridgehead atoms. The average Bonchev–Trinajstić information content (AvgIpc) is 2.54. The molecule has 0 unspecified atom stereocenters. The molecule has 0 aliphatic carbocycles. The fourth-order valence-electron chi connectivity index (χ4n) is 1.93. The lowest BCUT2D eigenvalue weighted by Gasteiger charge is -2.09. The molecule has 0 radical (unpaired) electrons. The summed E-state index contributed by atoms with van der Waals surface area (Å²) in [6.45, 7) is 0.836. The highest BCUT2D eigenvalue weighted by molar-refractivity contribution is 5.45. The van der Waals surface area contributed by atoms with Gasteiger partial charge in [0.2, 0.25) is 0 Å². The second kappa shape index (κ2) is 8.11. The Labute approximate surface area is 125 Å². The van der Waals surface area contributed by atoms with E-state index in [2.05, 4.69) is 11.8 Å². The third kappa shape index (κ3) is 4.64. The molecule has 2 rings (SSSR count). The lowest BCUT2D eigenvalue weighted by atomic mass is 10.1. The number of benzene rings is 2. The van der Waals surface area contributed by atoms with Gasteiger partial charge in [-0.05, 0) is 29.3 Å². The maximum Gasteiger partial charge on any atom is 0.119 e. The van der Waals surface area contributed by atoms with Gasteiger partial charge in [0, 0.05) is 5.56 Å². The van der Waals surface area contributed by atoms with Crippen molar-refractivity contribution in [2.45, 2.75) is 13.2 Å². The average molecular weight is 282 g/mol. The van der Waals surface area contributed by atoms with Crippen LogP contribution in [-0.4, -0.2) is 18.8 Å². The second-order valence-electron chi connectivity index (χ2n) is 4.46. The Bertz CT molecular complexity index is 624. The van der Waals surface area contributed by atoms with Gasteiger partial charge in [-0.1, -0.05) is 42.2 Å². The molecule has 0 fully saturated rings. The molecule has 108 valence electrons. The van der Waals surface area contributed by atoms with Crippen molar-refractivity contribution in [2.24, 2.45) is 0 Å². The minimum absolute atomic E-state index is 0.156. The molecule has 0 saturated heterocycles. The summed E-state index contributed by atoms with van der Waals surface area (Å²) in [5.74, 6) is 6.35. The van der Waals surface area contributed by atoms with Crippen molar-refractivity contribution in [2.75, 3.05) is 13.7 Å². The molecule has 2 aromatic rings. The number of methoxy groups -OCH3 is 1. The lowest BCUT2D eigenvalue weighted by molar-refractivity contribution is 0.107. The fraction of sp³-hybridized carbons (Fsp3) is 0.222. The Hall–Kier alpha value is -2.28. The van der Waals surface area contributed by atoms with Crippen molar-refractivity contribution in [3.05, 3.63) is 65.2 Å². The summed E-state index contributed by atoms with van der Waals surface area (Å²) in [6, 6.07) is 15.6. The zero-order valence-corrected chi connectivity index (χ0v) is 12.0. The molecule has 0 aromatic heterocycles. The van der Waals surface area contributed by atoms with Crippen LogP contribution in [0.2, 0.25) is 0 Å². The van der Waals surface area contributed by atoms with E-state index in [1.54, 1.807) is 7.11 Å². The van der Waals surface area contributed by atoms with Gasteiger partial charge in [0.1, 0.15) is 12.4 Å². The molecule has 0 aliphatic heterocycles. The van der Waals surface area contributed by atoms with Gasteiger partial charge in [0.25, 0.3) is 0 Å². The standard InChI is InChI=1S/C18H18O3/c1-20-18-10-9-16(8-5-11-19)17(12-18)14-21-13-15-6-3-2-4-7-15/h2-4,6-7,9-10,12,19H,11,13-14H2,1H3. The molecule has 0 aliphatic rings. The van der Waals surface area contributed by atoms with Crippen LogP contribution in [-0.2, 0) is 18.0 Å². The molecule has 1 N–H and O–H groups in total. The first kappa shape index (κ1) is 15.1. The van der Waals surface area contributed by atoms with Crippen LogP contribution in [0.15, 0.2) is 48.5 Å². The van der Waals surface area contributed by atoms with Crippen LogP contribution in [0.1, 0.15) is 16.7 Å². The molecular weight excluding hydrogens is 264 g/mol. The maximum absolute atomic E-state index is 8.81. The van der Waals surface area contributed by atoms with E-state index in [1.165, 1.54) is 0 Å². The molecule has 2 aromatic carbocycles. The maximum atomic E-state index is 8.81. The van der Waals surface area contributed by atoms with E-state index >= 15 is 0 Å². The smallest absolute Gasteiger partial charge is 0.119 e. The van der Waals surface area contributed by atoms with Crippen molar-refractivity contribution in [3.63, 3.8) is 0 Å². The summed E-state index contributed by atoms with van der Waals surface area (Å²) >= 11 is 0. The largest absolute Gasteiger partial charge is 0.497 e. The predicted molar refractivity (Wildman–Crippen MR) is 81.9 cm³/mol. The van der Waals surface area contributed by atoms with Gasteiger partial charge < -0.3 is 14.6 Å². The number of ether oxygens (including phenoxy) is 2. The van der Waals surface area contributed by atoms with Gasteiger partial charge >= 0.3 is 0 Å². The zero-order valence-electron chi connectivity index (χ0n) is 12.0. The molecule has 0 atom stereocenters. The van der Waals surface area contributed by atoms with E-state index in [4.69, 9.17) is 14.6 Å². The molecule has 0 heterocycles. The summed E-state index contributed by atoms with van der Waals surface area (Å²) < 4.78 is 11.0. The highest BCUT2D eigenvalue weighted by Crippen LogP contribution is 2.18. The third-order valence-electron chi connectivity index (χ3n) is 2.98. The molecule has 3 nitrogen and oxygen atoms in total. The Morgan fingerprint density at radius 3 is 2.57 bits per heavy atom. The van der Waals surface area contributed by atoms with Crippen LogP contribution in [0.4, 0.5) is 0 Å². The van der Waals surface area contributed by atoms with Gasteiger partial charge in [-0.2, -0.15) is 0 Å². The summed E-state index contributed by atoms with van der Waals surface area (Å²) in [6.07, 6.45) is 0. The quantitative estimate of drug-likeness (QED) is 0.857. The second-order valence-corrected chi connectivity index (χ2v) is 4.46. The normalized spacial score (nSPS) is 9.81. The van der Waals surface area contributed by atoms with Gasteiger partial charge in [-0.25, -0.2) is 0 Å². The lowest BCUT2D eigenvalue weighted by Crippen LogP contribution is -1.98. The minimum Gasteiger partial charge on any atom is -0.497 e. The van der Waals surface area contributed by atoms with E-state index in [0.717, 1.165) is 22.4 Å². The monoisotopic (exact) mass is 282 g/mol. The summed E-state index contributed by atoms with van der Waals surface area (Å²) in [4.78, 5) is 0. The van der Waals surface area contributed by atoms with E-state index in [9.17, 15) is 0 Å². The van der Waals surface area contributed by atoms with E-state index < -0.39 is 0 Å². The fourth-order valence-corrected chi connectivity index (χ4v) is 1.93. The first-order valence-electron chi connectivity index (χ1n) is 6.72. The first-order valence-corrected chi connectivity index (χ1v) is 6.72. The number of hydrogen-bond donors (Lipinski definition) is 1. The Kier molecular flexibility index (Phi) is 5.83. The number of rotatable bonds is 5. The van der Waals surface area contributed by atoms with Crippen LogP contribution in [0, 0.1) is 11.8 Å². The Morgan fingerprint density at radius 1 is 1.05 bits per heavy atom.